The molecule has 0 unspecified atom stereocenters. The summed E-state index contributed by atoms with van der Waals surface area (Å²) in [6.07, 6.45) is 2.88. The van der Waals surface area contributed by atoms with E-state index in [4.69, 9.17) is 5.73 Å². The van der Waals surface area contributed by atoms with Crippen molar-refractivity contribution in [1.82, 2.24) is 0 Å². The molecule has 0 bridgehead atoms. The van der Waals surface area contributed by atoms with Crippen LogP contribution in [0.1, 0.15) is 40.7 Å². The highest BCUT2D eigenvalue weighted by Crippen LogP contribution is 2.40. The predicted octanol–water partition coefficient (Wildman–Crippen LogP) is 6.05. The lowest BCUT2D eigenvalue weighted by molar-refractivity contribution is 0.630. The Balaban J connectivity index is 1.99. The number of allylic oxidation sites excluding steroid dienone is 1. The summed E-state index contributed by atoms with van der Waals surface area (Å²) in [7, 11) is 1.74. The minimum absolute atomic E-state index is 0.225. The highest BCUT2D eigenvalue weighted by Gasteiger charge is 2.21. The third kappa shape index (κ3) is 3.40. The number of nitrogens with two attached hydrogens (primary N) is 1. The van der Waals surface area contributed by atoms with Crippen LogP contribution >= 0.6 is 0 Å². The first-order valence-corrected chi connectivity index (χ1v) is 9.73. The Labute approximate surface area is 165 Å². The Kier molecular flexibility index (Phi) is 4.91. The standard InChI is InChI=1S/C25H25FN2/c1-16-6-8-17(9-7-16)25-21(19-10-13-24(28-2)23(26)15-19)5-3-4-18-14-20(27)11-12-22(18)25/h6-15,28H,3-5,27H2,1-2H3. The summed E-state index contributed by atoms with van der Waals surface area (Å²) in [5, 5.41) is 2.90. The van der Waals surface area contributed by atoms with E-state index in [-0.39, 0.29) is 5.82 Å². The molecule has 3 N–H and O–H groups in total. The molecule has 0 heterocycles. The molecular formula is C25H25FN2. The van der Waals surface area contributed by atoms with E-state index in [0.717, 1.165) is 36.1 Å². The van der Waals surface area contributed by atoms with E-state index < -0.39 is 0 Å². The van der Waals surface area contributed by atoms with Crippen molar-refractivity contribution in [2.24, 2.45) is 0 Å². The van der Waals surface area contributed by atoms with Crippen LogP contribution in [0.15, 0.2) is 60.7 Å². The molecule has 0 radical (unpaired) electrons. The summed E-state index contributed by atoms with van der Waals surface area (Å²) in [5.41, 5.74) is 15.5. The minimum atomic E-state index is -0.225. The average molecular weight is 372 g/mol. The summed E-state index contributed by atoms with van der Waals surface area (Å²) in [6.45, 7) is 2.09. The Morgan fingerprint density at radius 1 is 0.893 bits per heavy atom. The maximum absolute atomic E-state index is 14.5. The van der Waals surface area contributed by atoms with Gasteiger partial charge in [0.25, 0.3) is 0 Å². The summed E-state index contributed by atoms with van der Waals surface area (Å²) < 4.78 is 14.5. The fraction of sp³-hybridized carbons (Fsp3) is 0.200. The van der Waals surface area contributed by atoms with Crippen LogP contribution in [0.5, 0.6) is 0 Å². The van der Waals surface area contributed by atoms with Gasteiger partial charge in [0.15, 0.2) is 0 Å². The number of nitrogens with one attached hydrogen (secondary N) is 1. The van der Waals surface area contributed by atoms with E-state index in [1.165, 1.54) is 27.8 Å². The summed E-state index contributed by atoms with van der Waals surface area (Å²) in [4.78, 5) is 0. The molecule has 0 aliphatic heterocycles. The van der Waals surface area contributed by atoms with E-state index in [0.29, 0.717) is 5.69 Å². The van der Waals surface area contributed by atoms with Crippen molar-refractivity contribution in [2.75, 3.05) is 18.1 Å². The number of anilines is 2. The molecule has 142 valence electrons. The van der Waals surface area contributed by atoms with Crippen molar-refractivity contribution in [1.29, 1.82) is 0 Å². The third-order valence-electron chi connectivity index (χ3n) is 5.50. The maximum Gasteiger partial charge on any atom is 0.146 e. The van der Waals surface area contributed by atoms with E-state index >= 15 is 0 Å². The van der Waals surface area contributed by atoms with Crippen LogP contribution in [0.25, 0.3) is 11.1 Å². The average Bonchev–Trinajstić information content (AvgIpc) is 2.87. The molecule has 4 rings (SSSR count). The topological polar surface area (TPSA) is 38.0 Å². The molecule has 0 amide bonds. The molecule has 0 aromatic heterocycles. The van der Waals surface area contributed by atoms with Crippen LogP contribution in [0.3, 0.4) is 0 Å². The van der Waals surface area contributed by atoms with Crippen LogP contribution in [-0.2, 0) is 6.42 Å². The Morgan fingerprint density at radius 3 is 2.36 bits per heavy atom. The van der Waals surface area contributed by atoms with Gasteiger partial charge in [0, 0.05) is 12.7 Å². The highest BCUT2D eigenvalue weighted by atomic mass is 19.1. The van der Waals surface area contributed by atoms with Crippen molar-refractivity contribution in [2.45, 2.75) is 26.2 Å². The largest absolute Gasteiger partial charge is 0.399 e. The fourth-order valence-corrected chi connectivity index (χ4v) is 4.05. The number of aryl methyl sites for hydroxylation is 2. The molecule has 0 atom stereocenters. The van der Waals surface area contributed by atoms with Gasteiger partial charge >= 0.3 is 0 Å². The normalized spacial score (nSPS) is 13.8. The van der Waals surface area contributed by atoms with Crippen LogP contribution < -0.4 is 11.1 Å². The number of halogens is 1. The van der Waals surface area contributed by atoms with E-state index in [1.54, 1.807) is 13.1 Å². The van der Waals surface area contributed by atoms with Gasteiger partial charge in [0.1, 0.15) is 5.82 Å². The molecule has 3 aromatic rings. The zero-order chi connectivity index (χ0) is 19.7. The molecule has 0 saturated heterocycles. The van der Waals surface area contributed by atoms with Crippen molar-refractivity contribution >= 4 is 22.5 Å². The fourth-order valence-electron chi connectivity index (χ4n) is 4.05. The lowest BCUT2D eigenvalue weighted by Crippen LogP contribution is -1.99. The molecule has 0 fully saturated rings. The smallest absolute Gasteiger partial charge is 0.146 e. The molecule has 0 saturated carbocycles. The number of rotatable bonds is 3. The molecule has 28 heavy (non-hydrogen) atoms. The van der Waals surface area contributed by atoms with Crippen molar-refractivity contribution in [3.05, 3.63) is 94.3 Å². The van der Waals surface area contributed by atoms with Gasteiger partial charge in [0.05, 0.1) is 5.69 Å². The third-order valence-corrected chi connectivity index (χ3v) is 5.50. The van der Waals surface area contributed by atoms with Crippen LogP contribution in [-0.4, -0.2) is 7.05 Å². The Morgan fingerprint density at radius 2 is 1.64 bits per heavy atom. The van der Waals surface area contributed by atoms with Gasteiger partial charge in [-0.1, -0.05) is 42.0 Å². The van der Waals surface area contributed by atoms with Crippen LogP contribution in [0, 0.1) is 12.7 Å². The van der Waals surface area contributed by atoms with Gasteiger partial charge < -0.3 is 11.1 Å². The molecular weight excluding hydrogens is 347 g/mol. The number of benzene rings is 3. The van der Waals surface area contributed by atoms with E-state index in [2.05, 4.69) is 48.6 Å². The zero-order valence-corrected chi connectivity index (χ0v) is 16.4. The number of fused-ring (bicyclic) bond motifs is 1. The zero-order valence-electron chi connectivity index (χ0n) is 16.4. The van der Waals surface area contributed by atoms with Crippen molar-refractivity contribution in [3.63, 3.8) is 0 Å². The molecule has 1 aliphatic rings. The van der Waals surface area contributed by atoms with Crippen molar-refractivity contribution < 1.29 is 4.39 Å². The van der Waals surface area contributed by atoms with Gasteiger partial charge in [-0.25, -0.2) is 4.39 Å². The summed E-state index contributed by atoms with van der Waals surface area (Å²) in [5.74, 6) is -0.225. The van der Waals surface area contributed by atoms with Crippen molar-refractivity contribution in [3.8, 4) is 0 Å². The molecule has 1 aliphatic carbocycles. The van der Waals surface area contributed by atoms with Gasteiger partial charge in [-0.05, 0) is 83.9 Å². The summed E-state index contributed by atoms with van der Waals surface area (Å²) >= 11 is 0. The first kappa shape index (κ1) is 18.3. The van der Waals surface area contributed by atoms with Crippen LogP contribution in [0.2, 0.25) is 0 Å². The number of hydrogen-bond donors (Lipinski definition) is 2. The lowest BCUT2D eigenvalue weighted by atomic mass is 9.87. The quantitative estimate of drug-likeness (QED) is 0.549. The number of hydrogen-bond acceptors (Lipinski definition) is 2. The second-order valence-corrected chi connectivity index (χ2v) is 7.43. The maximum atomic E-state index is 14.5. The minimum Gasteiger partial charge on any atom is -0.399 e. The lowest BCUT2D eigenvalue weighted by Gasteiger charge is -2.17. The SMILES string of the molecule is CNc1ccc(C2=C(c3ccc(C)cc3)c3ccc(N)cc3CCC2)cc1F. The number of nitrogen functional groups attached to an aromatic ring is 1. The van der Waals surface area contributed by atoms with Gasteiger partial charge in [-0.15, -0.1) is 0 Å². The Bertz CT molecular complexity index is 1050. The van der Waals surface area contributed by atoms with Gasteiger partial charge in [-0.2, -0.15) is 0 Å². The van der Waals surface area contributed by atoms with E-state index in [9.17, 15) is 4.39 Å². The predicted molar refractivity (Wildman–Crippen MR) is 117 cm³/mol. The molecule has 0 spiro atoms. The van der Waals surface area contributed by atoms with Gasteiger partial charge in [0.2, 0.25) is 0 Å². The monoisotopic (exact) mass is 372 g/mol. The van der Waals surface area contributed by atoms with Gasteiger partial charge in [-0.3, -0.25) is 0 Å². The molecule has 3 heteroatoms. The van der Waals surface area contributed by atoms with Crippen LogP contribution in [0.4, 0.5) is 15.8 Å². The molecule has 2 nitrogen and oxygen atoms in total. The Hall–Kier alpha value is -3.07. The van der Waals surface area contributed by atoms with E-state index in [1.807, 2.05) is 18.2 Å². The highest BCUT2D eigenvalue weighted by molar-refractivity contribution is 6.00. The first-order chi connectivity index (χ1) is 13.6. The summed E-state index contributed by atoms with van der Waals surface area (Å²) in [6, 6.07) is 20.2. The molecule has 3 aromatic carbocycles. The second kappa shape index (κ2) is 7.51. The first-order valence-electron chi connectivity index (χ1n) is 9.73. The second-order valence-electron chi connectivity index (χ2n) is 7.43.